The van der Waals surface area contributed by atoms with Gasteiger partial charge in [-0.3, -0.25) is 4.98 Å². The van der Waals surface area contributed by atoms with Crippen LogP contribution in [0.4, 0.5) is 0 Å². The van der Waals surface area contributed by atoms with E-state index >= 15 is 0 Å². The van der Waals surface area contributed by atoms with E-state index < -0.39 is 0 Å². The number of fused-ring (bicyclic) bond motifs is 2. The van der Waals surface area contributed by atoms with Crippen LogP contribution >= 0.6 is 0 Å². The van der Waals surface area contributed by atoms with E-state index in [9.17, 15) is 0 Å². The van der Waals surface area contributed by atoms with Crippen molar-refractivity contribution in [3.8, 4) is 33.9 Å². The highest BCUT2D eigenvalue weighted by Gasteiger charge is 2.16. The quantitative estimate of drug-likeness (QED) is 0.194. The van der Waals surface area contributed by atoms with Crippen LogP contribution < -0.4 is 0 Å². The van der Waals surface area contributed by atoms with Crippen molar-refractivity contribution in [2.45, 2.75) is 0 Å². The molecule has 0 unspecified atom stereocenters. The molecule has 2 aromatic heterocycles. The number of aromatic nitrogens is 4. The summed E-state index contributed by atoms with van der Waals surface area (Å²) in [6.45, 7) is 0. The van der Waals surface area contributed by atoms with Crippen LogP contribution in [0.2, 0.25) is 0 Å². The van der Waals surface area contributed by atoms with Crippen molar-refractivity contribution in [3.05, 3.63) is 146 Å². The summed E-state index contributed by atoms with van der Waals surface area (Å²) in [5.74, 6) is 0.549. The van der Waals surface area contributed by atoms with Crippen LogP contribution in [-0.4, -0.2) is 19.9 Å². The Labute approximate surface area is 264 Å². The maximum absolute atomic E-state index is 4.81. The van der Waals surface area contributed by atoms with Gasteiger partial charge in [0.2, 0.25) is 0 Å². The van der Waals surface area contributed by atoms with E-state index in [2.05, 4.69) is 96.0 Å². The first-order chi connectivity index (χ1) is 22.8. The van der Waals surface area contributed by atoms with E-state index in [-0.39, 0.29) is 0 Å². The van der Waals surface area contributed by atoms with E-state index in [1.165, 1.54) is 64.6 Å². The monoisotopic (exact) mass is 584 g/mol. The highest BCUT2D eigenvalue weighted by atomic mass is 14.9. The molecule has 0 atom stereocenters. The van der Waals surface area contributed by atoms with Gasteiger partial charge in [0.1, 0.15) is 5.69 Å². The highest BCUT2D eigenvalue weighted by Crippen LogP contribution is 2.44. The van der Waals surface area contributed by atoms with E-state index in [0.29, 0.717) is 11.5 Å². The fourth-order valence-corrected chi connectivity index (χ4v) is 7.28. The Morgan fingerprint density at radius 1 is 0.348 bits per heavy atom. The molecule has 2 heterocycles. The van der Waals surface area contributed by atoms with Crippen molar-refractivity contribution >= 4 is 64.6 Å². The lowest BCUT2D eigenvalue weighted by Crippen LogP contribution is -1.95. The smallest absolute Gasteiger partial charge is 0.179 e. The molecule has 0 fully saturated rings. The second-order valence-electron chi connectivity index (χ2n) is 11.9. The molecule has 4 nitrogen and oxygen atoms in total. The molecular weight excluding hydrogens is 560 g/mol. The summed E-state index contributed by atoms with van der Waals surface area (Å²) in [6, 6.07) is 43.7. The van der Waals surface area contributed by atoms with Crippen molar-refractivity contribution in [1.29, 1.82) is 0 Å². The normalized spacial score (nSPS) is 11.9. The lowest BCUT2D eigenvalue weighted by Gasteiger charge is -2.17. The Kier molecular flexibility index (Phi) is 5.25. The number of benzene rings is 7. The Morgan fingerprint density at radius 2 is 0.891 bits per heavy atom. The lowest BCUT2D eigenvalue weighted by atomic mass is 9.87. The van der Waals surface area contributed by atoms with Crippen LogP contribution in [0, 0.1) is 0 Å². The molecule has 46 heavy (non-hydrogen) atoms. The lowest BCUT2D eigenvalue weighted by molar-refractivity contribution is 1.12. The Hall–Kier alpha value is -6.26. The maximum Gasteiger partial charge on any atom is 0.179 e. The van der Waals surface area contributed by atoms with Gasteiger partial charge in [0.25, 0.3) is 0 Å². The van der Waals surface area contributed by atoms with Gasteiger partial charge in [-0.25, -0.2) is 15.0 Å². The van der Waals surface area contributed by atoms with Crippen molar-refractivity contribution in [2.24, 2.45) is 0 Å². The molecular formula is C42H24N4. The molecule has 0 saturated heterocycles. The zero-order chi connectivity index (χ0) is 30.2. The minimum atomic E-state index is 0.549. The number of nitrogens with zero attached hydrogens (tertiary/aromatic N) is 4. The minimum absolute atomic E-state index is 0.549. The zero-order valence-electron chi connectivity index (χ0n) is 24.6. The van der Waals surface area contributed by atoms with Gasteiger partial charge in [-0.2, -0.15) is 0 Å². The fraction of sp³-hybridized carbons (Fsp3) is 0. The van der Waals surface area contributed by atoms with Crippen molar-refractivity contribution < 1.29 is 0 Å². The summed E-state index contributed by atoms with van der Waals surface area (Å²) in [6.07, 6.45) is 7.29. The molecule has 0 spiro atoms. The number of hydrogen-bond acceptors (Lipinski definition) is 4. The molecule has 10 rings (SSSR count). The largest absolute Gasteiger partial charge is 0.260 e. The van der Waals surface area contributed by atoms with Gasteiger partial charge in [0.05, 0.1) is 18.1 Å². The Balaban J connectivity index is 1.24. The molecule has 0 aliphatic heterocycles. The molecule has 0 aliphatic carbocycles. The van der Waals surface area contributed by atoms with Crippen molar-refractivity contribution in [2.75, 3.05) is 0 Å². The summed E-state index contributed by atoms with van der Waals surface area (Å²) in [4.78, 5) is 18.8. The third kappa shape index (κ3) is 3.67. The standard InChI is InChI=1S/C42H24N4/c1-2-7-25(8-3-1)36-23-43-24-37(46-36)42-44-21-31(22-45-42)30-19-29-18-17-28-10-5-13-33-32-12-4-9-26-15-16-27-11-6-14-34(40(27)38(26)32)35(20-30)41(29)39(28)33/h1-24H. The fourth-order valence-electron chi connectivity index (χ4n) is 7.28. The van der Waals surface area contributed by atoms with Crippen LogP contribution in [0.1, 0.15) is 0 Å². The summed E-state index contributed by atoms with van der Waals surface area (Å²) >= 11 is 0. The molecule has 0 amide bonds. The zero-order valence-corrected chi connectivity index (χ0v) is 24.6. The highest BCUT2D eigenvalue weighted by molar-refractivity contribution is 6.37. The van der Waals surface area contributed by atoms with Gasteiger partial charge in [-0.15, -0.1) is 0 Å². The SMILES string of the molecule is c1ccc(-c2cncc(-c3ncc(-c4cc5ccc6cccc7c8cccc9ccc%10cccc(c(c4)c5c67)c%10c98)cn3)n2)cc1. The molecule has 4 heteroatoms. The molecule has 0 bridgehead atoms. The molecule has 0 saturated carbocycles. The molecule has 8 aromatic carbocycles. The number of rotatable bonds is 3. The summed E-state index contributed by atoms with van der Waals surface area (Å²) in [7, 11) is 0. The van der Waals surface area contributed by atoms with Crippen molar-refractivity contribution in [1.82, 2.24) is 19.9 Å². The topological polar surface area (TPSA) is 51.6 Å². The predicted molar refractivity (Wildman–Crippen MR) is 190 cm³/mol. The van der Waals surface area contributed by atoms with Gasteiger partial charge in [-0.1, -0.05) is 109 Å². The summed E-state index contributed by atoms with van der Waals surface area (Å²) < 4.78 is 0. The van der Waals surface area contributed by atoms with Gasteiger partial charge >= 0.3 is 0 Å². The van der Waals surface area contributed by atoms with Crippen LogP contribution in [0.25, 0.3) is 98.5 Å². The van der Waals surface area contributed by atoms with E-state index in [1.54, 1.807) is 12.4 Å². The molecule has 0 radical (unpaired) electrons. The van der Waals surface area contributed by atoms with Gasteiger partial charge in [-0.05, 0) is 82.3 Å². The first-order valence-corrected chi connectivity index (χ1v) is 15.5. The average Bonchev–Trinajstić information content (AvgIpc) is 3.13. The molecule has 212 valence electrons. The first kappa shape index (κ1) is 25.1. The third-order valence-corrected chi connectivity index (χ3v) is 9.34. The van der Waals surface area contributed by atoms with E-state index in [0.717, 1.165) is 22.4 Å². The second-order valence-corrected chi connectivity index (χ2v) is 11.9. The first-order valence-electron chi connectivity index (χ1n) is 15.5. The summed E-state index contributed by atoms with van der Waals surface area (Å²) in [5, 5.41) is 15.1. The minimum Gasteiger partial charge on any atom is -0.260 e. The second kappa shape index (κ2) is 9.62. The van der Waals surface area contributed by atoms with Crippen molar-refractivity contribution in [3.63, 3.8) is 0 Å². The van der Waals surface area contributed by atoms with Crippen LogP contribution in [0.5, 0.6) is 0 Å². The maximum atomic E-state index is 4.81. The number of hydrogen-bond donors (Lipinski definition) is 0. The molecule has 10 aromatic rings. The Bertz CT molecular complexity index is 2780. The molecule has 0 N–H and O–H groups in total. The van der Waals surface area contributed by atoms with Crippen LogP contribution in [0.15, 0.2) is 146 Å². The average molecular weight is 585 g/mol. The van der Waals surface area contributed by atoms with Gasteiger partial charge in [0, 0.05) is 23.5 Å². The van der Waals surface area contributed by atoms with Gasteiger partial charge in [0.15, 0.2) is 5.82 Å². The van der Waals surface area contributed by atoms with Crippen LogP contribution in [-0.2, 0) is 0 Å². The summed E-state index contributed by atoms with van der Waals surface area (Å²) in [5.41, 5.74) is 4.48. The molecule has 0 aliphatic rings. The predicted octanol–water partition coefficient (Wildman–Crippen LogP) is 10.6. The van der Waals surface area contributed by atoms with Crippen LogP contribution in [0.3, 0.4) is 0 Å². The van der Waals surface area contributed by atoms with E-state index in [1.807, 2.05) is 42.7 Å². The van der Waals surface area contributed by atoms with Gasteiger partial charge < -0.3 is 0 Å². The third-order valence-electron chi connectivity index (χ3n) is 9.34. The van der Waals surface area contributed by atoms with E-state index in [4.69, 9.17) is 15.0 Å². The Morgan fingerprint density at radius 3 is 1.52 bits per heavy atom.